The van der Waals surface area contributed by atoms with Crippen molar-refractivity contribution in [1.82, 2.24) is 9.88 Å². The van der Waals surface area contributed by atoms with Gasteiger partial charge in [0.25, 0.3) is 0 Å². The average molecular weight is 269 g/mol. The third-order valence-corrected chi connectivity index (χ3v) is 4.39. The number of benzene rings is 1. The van der Waals surface area contributed by atoms with E-state index < -0.39 is 0 Å². The van der Waals surface area contributed by atoms with E-state index in [1.54, 1.807) is 0 Å². The molecule has 3 rings (SSSR count). The molecule has 2 aromatic rings. The monoisotopic (exact) mass is 269 g/mol. The van der Waals surface area contributed by atoms with Gasteiger partial charge in [-0.25, -0.2) is 0 Å². The van der Waals surface area contributed by atoms with Crippen LogP contribution in [0.1, 0.15) is 24.8 Å². The molecular formula is C17H23N3. The molecular weight excluding hydrogens is 246 g/mol. The second-order valence-corrected chi connectivity index (χ2v) is 5.79. The number of hydrogen-bond acceptors (Lipinski definition) is 3. The summed E-state index contributed by atoms with van der Waals surface area (Å²) in [7, 11) is 0. The lowest BCUT2D eigenvalue weighted by atomic mass is 9.93. The number of piperidine rings is 1. The summed E-state index contributed by atoms with van der Waals surface area (Å²) in [6.07, 6.45) is 5.65. The topological polar surface area (TPSA) is 42.1 Å². The lowest BCUT2D eigenvalue weighted by molar-refractivity contribution is 0.174. The molecule has 0 atom stereocenters. The van der Waals surface area contributed by atoms with E-state index >= 15 is 0 Å². The normalized spacial score (nSPS) is 17.6. The highest BCUT2D eigenvalue weighted by atomic mass is 15.1. The molecule has 0 radical (unpaired) electrons. The third-order valence-electron chi connectivity index (χ3n) is 4.39. The van der Waals surface area contributed by atoms with Crippen molar-refractivity contribution < 1.29 is 0 Å². The van der Waals surface area contributed by atoms with E-state index in [0.29, 0.717) is 0 Å². The maximum Gasteiger partial charge on any atom is 0.0746 e. The minimum atomic E-state index is 0.831. The van der Waals surface area contributed by atoms with Gasteiger partial charge in [0.1, 0.15) is 0 Å². The zero-order valence-electron chi connectivity index (χ0n) is 12.0. The van der Waals surface area contributed by atoms with Gasteiger partial charge in [-0.2, -0.15) is 0 Å². The first-order valence-electron chi connectivity index (χ1n) is 7.62. The first-order chi connectivity index (χ1) is 9.86. The van der Waals surface area contributed by atoms with Crippen LogP contribution in [0.5, 0.6) is 0 Å². The highest BCUT2D eigenvalue weighted by Crippen LogP contribution is 2.23. The number of nitrogens with zero attached hydrogens (tertiary/aromatic N) is 2. The van der Waals surface area contributed by atoms with Crippen LogP contribution in [0.3, 0.4) is 0 Å². The Kier molecular flexibility index (Phi) is 4.28. The molecule has 1 fully saturated rings. The number of para-hydroxylation sites is 1. The van der Waals surface area contributed by atoms with E-state index in [2.05, 4.69) is 34.1 Å². The molecule has 106 valence electrons. The Labute approximate surface area is 120 Å². The molecule has 1 aromatic heterocycles. The maximum atomic E-state index is 5.66. The van der Waals surface area contributed by atoms with Gasteiger partial charge in [-0.3, -0.25) is 9.88 Å². The molecule has 2 N–H and O–H groups in total. The zero-order valence-corrected chi connectivity index (χ0v) is 12.0. The molecule has 3 heteroatoms. The largest absolute Gasteiger partial charge is 0.330 e. The highest BCUT2D eigenvalue weighted by Gasteiger charge is 2.19. The fourth-order valence-corrected chi connectivity index (χ4v) is 3.20. The summed E-state index contributed by atoms with van der Waals surface area (Å²) in [6, 6.07) is 10.6. The van der Waals surface area contributed by atoms with Crippen LogP contribution in [0.15, 0.2) is 36.5 Å². The Morgan fingerprint density at radius 1 is 1.15 bits per heavy atom. The Morgan fingerprint density at radius 3 is 2.75 bits per heavy atom. The van der Waals surface area contributed by atoms with Gasteiger partial charge in [0.05, 0.1) is 5.52 Å². The number of aromatic nitrogens is 1. The molecule has 1 aromatic carbocycles. The highest BCUT2D eigenvalue weighted by molar-refractivity contribution is 5.81. The Bertz CT molecular complexity index is 554. The fourth-order valence-electron chi connectivity index (χ4n) is 3.20. The van der Waals surface area contributed by atoms with Crippen molar-refractivity contribution in [2.24, 2.45) is 11.7 Å². The lowest BCUT2D eigenvalue weighted by Gasteiger charge is -2.32. The first kappa shape index (κ1) is 13.5. The zero-order chi connectivity index (χ0) is 13.8. The number of likely N-dealkylation sites (tertiary alicyclic amines) is 1. The van der Waals surface area contributed by atoms with Crippen molar-refractivity contribution in [2.45, 2.75) is 25.8 Å². The second kappa shape index (κ2) is 6.33. The molecule has 3 nitrogen and oxygen atoms in total. The molecule has 0 aliphatic carbocycles. The van der Waals surface area contributed by atoms with Gasteiger partial charge in [0.15, 0.2) is 0 Å². The van der Waals surface area contributed by atoms with Gasteiger partial charge in [0, 0.05) is 18.1 Å². The second-order valence-electron chi connectivity index (χ2n) is 5.79. The summed E-state index contributed by atoms with van der Waals surface area (Å²) < 4.78 is 0. The Balaban J connectivity index is 1.68. The van der Waals surface area contributed by atoms with Crippen LogP contribution in [0.2, 0.25) is 0 Å². The molecule has 0 saturated carbocycles. The third kappa shape index (κ3) is 3.00. The Morgan fingerprint density at radius 2 is 1.95 bits per heavy atom. The molecule has 2 heterocycles. The van der Waals surface area contributed by atoms with Crippen LogP contribution in [0.4, 0.5) is 0 Å². The summed E-state index contributed by atoms with van der Waals surface area (Å²) >= 11 is 0. The van der Waals surface area contributed by atoms with Crippen molar-refractivity contribution in [3.63, 3.8) is 0 Å². The van der Waals surface area contributed by atoms with Crippen LogP contribution < -0.4 is 5.73 Å². The standard InChI is InChI=1S/C17H23N3/c18-9-6-14-7-11-20(12-8-14)13-16-4-1-3-15-5-2-10-19-17(15)16/h1-5,10,14H,6-9,11-13,18H2. The van der Waals surface area contributed by atoms with E-state index in [1.807, 2.05) is 12.3 Å². The van der Waals surface area contributed by atoms with Gasteiger partial charge in [-0.05, 0) is 56.4 Å². The van der Waals surface area contributed by atoms with Gasteiger partial charge in [0.2, 0.25) is 0 Å². The fraction of sp³-hybridized carbons (Fsp3) is 0.471. The summed E-state index contributed by atoms with van der Waals surface area (Å²) in [5.74, 6) is 0.835. The van der Waals surface area contributed by atoms with Crippen LogP contribution >= 0.6 is 0 Å². The number of pyridine rings is 1. The van der Waals surface area contributed by atoms with E-state index in [0.717, 1.165) is 24.5 Å². The van der Waals surface area contributed by atoms with Crippen molar-refractivity contribution in [3.05, 3.63) is 42.1 Å². The molecule has 20 heavy (non-hydrogen) atoms. The molecule has 0 bridgehead atoms. The predicted octanol–water partition coefficient (Wildman–Crippen LogP) is 2.80. The lowest BCUT2D eigenvalue weighted by Crippen LogP contribution is -2.33. The molecule has 0 amide bonds. The summed E-state index contributed by atoms with van der Waals surface area (Å²) in [6.45, 7) is 4.23. The van der Waals surface area contributed by atoms with Crippen molar-refractivity contribution in [1.29, 1.82) is 0 Å². The van der Waals surface area contributed by atoms with E-state index in [4.69, 9.17) is 5.73 Å². The molecule has 1 saturated heterocycles. The van der Waals surface area contributed by atoms with Crippen LogP contribution in [-0.2, 0) is 6.54 Å². The van der Waals surface area contributed by atoms with Crippen LogP contribution in [0.25, 0.3) is 10.9 Å². The number of nitrogens with two attached hydrogens (primary N) is 1. The van der Waals surface area contributed by atoms with E-state index in [1.165, 1.54) is 43.3 Å². The van der Waals surface area contributed by atoms with Crippen LogP contribution in [0, 0.1) is 5.92 Å². The van der Waals surface area contributed by atoms with Crippen molar-refractivity contribution >= 4 is 10.9 Å². The quantitative estimate of drug-likeness (QED) is 0.928. The molecule has 1 aliphatic rings. The SMILES string of the molecule is NCCC1CCN(Cc2cccc3cccnc23)CC1. The molecule has 0 unspecified atom stereocenters. The van der Waals surface area contributed by atoms with Gasteiger partial charge in [-0.15, -0.1) is 0 Å². The van der Waals surface area contributed by atoms with Crippen LogP contribution in [-0.4, -0.2) is 29.5 Å². The smallest absolute Gasteiger partial charge is 0.0746 e. The number of hydrogen-bond donors (Lipinski definition) is 1. The van der Waals surface area contributed by atoms with Crippen molar-refractivity contribution in [2.75, 3.05) is 19.6 Å². The summed E-state index contributed by atoms with van der Waals surface area (Å²) in [4.78, 5) is 7.10. The van der Waals surface area contributed by atoms with E-state index in [9.17, 15) is 0 Å². The van der Waals surface area contributed by atoms with E-state index in [-0.39, 0.29) is 0 Å². The Hall–Kier alpha value is -1.45. The van der Waals surface area contributed by atoms with Crippen molar-refractivity contribution in [3.8, 4) is 0 Å². The average Bonchev–Trinajstić information content (AvgIpc) is 2.50. The van der Waals surface area contributed by atoms with Gasteiger partial charge < -0.3 is 5.73 Å². The molecule has 1 aliphatic heterocycles. The minimum absolute atomic E-state index is 0.831. The predicted molar refractivity (Wildman–Crippen MR) is 83.4 cm³/mol. The number of fused-ring (bicyclic) bond motifs is 1. The first-order valence-corrected chi connectivity index (χ1v) is 7.62. The van der Waals surface area contributed by atoms with Gasteiger partial charge >= 0.3 is 0 Å². The summed E-state index contributed by atoms with van der Waals surface area (Å²) in [5.41, 5.74) is 8.16. The minimum Gasteiger partial charge on any atom is -0.330 e. The number of rotatable bonds is 4. The maximum absolute atomic E-state index is 5.66. The summed E-state index contributed by atoms with van der Waals surface area (Å²) in [5, 5.41) is 1.24. The molecule has 0 spiro atoms. The van der Waals surface area contributed by atoms with Gasteiger partial charge in [-0.1, -0.05) is 24.3 Å².